The minimum absolute atomic E-state index is 0.00852. The Balaban J connectivity index is 2.14. The van der Waals surface area contributed by atoms with Crippen LogP contribution in [-0.2, 0) is 18.9 Å². The van der Waals surface area contributed by atoms with Gasteiger partial charge < -0.3 is 33.3 Å². The molecule has 0 spiro atoms. The molecule has 2 rings (SSSR count). The number of carbonyl (C=O) groups excluding carboxylic acids is 4. The molecule has 0 atom stereocenters. The molecule has 59 heavy (non-hydrogen) atoms. The molecule has 0 radical (unpaired) electrons. The third-order valence-electron chi connectivity index (χ3n) is 7.02. The number of guanidine groups is 1. The van der Waals surface area contributed by atoms with Gasteiger partial charge in [-0.15, -0.1) is 4.99 Å². The first-order valence-electron chi connectivity index (χ1n) is 19.3. The van der Waals surface area contributed by atoms with Crippen molar-refractivity contribution in [2.45, 2.75) is 118 Å². The molecule has 17 nitrogen and oxygen atoms in total. The number of rotatable bonds is 12. The van der Waals surface area contributed by atoms with E-state index in [4.69, 9.17) is 39.2 Å². The minimum atomic E-state index is -0.890. The molecule has 4 N–H and O–H groups in total. The smallest absolute Gasteiger partial charge is 0.437 e. The second-order valence-corrected chi connectivity index (χ2v) is 17.4. The molecule has 0 saturated heterocycles. The van der Waals surface area contributed by atoms with Crippen molar-refractivity contribution in [3.8, 4) is 11.5 Å². The van der Waals surface area contributed by atoms with Gasteiger partial charge in [-0.05, 0) is 144 Å². The lowest BCUT2D eigenvalue weighted by atomic mass is 10.2. The van der Waals surface area contributed by atoms with E-state index in [1.807, 2.05) is 0 Å². The fourth-order valence-electron chi connectivity index (χ4n) is 4.70. The molecule has 2 aromatic carbocycles. The molecule has 17 heteroatoms. The SMILES string of the molecule is CN(CCCOc1ccc(C(=N)NC(=O)OC(C)(C)C)cc1)/C(=N/C(=O)OC(C)(C)C)N(CCCOc1ccc(C(=N)NC(=O)OC(C)(C)C)cc1)C(=O)OC(C)(C)C. The Bertz CT molecular complexity index is 1780. The van der Waals surface area contributed by atoms with Gasteiger partial charge in [0, 0.05) is 31.3 Å². The fraction of sp³-hybridized carbons (Fsp3) is 0.548. The van der Waals surface area contributed by atoms with Crippen LogP contribution in [0.25, 0.3) is 0 Å². The van der Waals surface area contributed by atoms with Crippen LogP contribution in [0.5, 0.6) is 11.5 Å². The van der Waals surface area contributed by atoms with Crippen LogP contribution in [0.2, 0.25) is 0 Å². The largest absolute Gasteiger partial charge is 0.494 e. The predicted octanol–water partition coefficient (Wildman–Crippen LogP) is 8.08. The topological polar surface area (TPSA) is 214 Å². The maximum Gasteiger partial charge on any atom is 0.437 e. The highest BCUT2D eigenvalue weighted by Crippen LogP contribution is 2.18. The Labute approximate surface area is 348 Å². The van der Waals surface area contributed by atoms with Crippen LogP contribution in [0.1, 0.15) is 107 Å². The molecule has 0 aromatic heterocycles. The number of alkyl carbamates (subject to hydrolysis) is 2. The number of benzene rings is 2. The number of amides is 4. The molecule has 4 amide bonds. The van der Waals surface area contributed by atoms with Gasteiger partial charge in [0.25, 0.3) is 0 Å². The summed E-state index contributed by atoms with van der Waals surface area (Å²) in [7, 11) is 1.69. The maximum absolute atomic E-state index is 13.7. The molecular weight excluding hydrogens is 763 g/mol. The Morgan fingerprint density at radius 2 is 0.949 bits per heavy atom. The minimum Gasteiger partial charge on any atom is -0.494 e. The average Bonchev–Trinajstić information content (AvgIpc) is 3.06. The molecule has 0 unspecified atom stereocenters. The summed E-state index contributed by atoms with van der Waals surface area (Å²) in [6.07, 6.45) is -2.31. The zero-order chi connectivity index (χ0) is 44.8. The molecule has 0 fully saturated rings. The molecule has 0 aliphatic rings. The number of ether oxygens (including phenoxy) is 6. The van der Waals surface area contributed by atoms with Crippen molar-refractivity contribution in [1.29, 1.82) is 10.8 Å². The van der Waals surface area contributed by atoms with Gasteiger partial charge in [-0.3, -0.25) is 21.5 Å². The van der Waals surface area contributed by atoms with E-state index in [0.29, 0.717) is 42.0 Å². The van der Waals surface area contributed by atoms with Crippen LogP contribution < -0.4 is 20.1 Å². The maximum atomic E-state index is 13.7. The number of nitrogens with zero attached hydrogens (tertiary/aromatic N) is 3. The van der Waals surface area contributed by atoms with Crippen LogP contribution in [0.15, 0.2) is 53.5 Å². The number of carbonyl (C=O) groups is 4. The first kappa shape index (κ1) is 49.3. The highest BCUT2D eigenvalue weighted by atomic mass is 16.6. The number of aliphatic imine (C=N–C) groups is 1. The third kappa shape index (κ3) is 20.4. The monoisotopic (exact) mass is 825 g/mol. The molecule has 0 bridgehead atoms. The zero-order valence-corrected chi connectivity index (χ0v) is 36.8. The van der Waals surface area contributed by atoms with Gasteiger partial charge in [-0.25, -0.2) is 24.1 Å². The Morgan fingerprint density at radius 3 is 1.32 bits per heavy atom. The van der Waals surface area contributed by atoms with Gasteiger partial charge in [0.05, 0.1) is 13.2 Å². The standard InChI is InChI=1S/C42H63N7O10/c1-39(2,3)56-35(50)45-32(43)28-16-20-30(21-17-28)54-26-14-24-48(13)34(47-37(52)58-41(7,8)9)49(38(53)59-42(10,11)12)25-15-27-55-31-22-18-29(19-23-31)33(44)46-36(51)57-40(4,5)6/h16-23H,14-15,24-27H2,1-13H3,(H2,43,45,50)(H2,44,46,51)/b47-34-. The number of hydrogen-bond donors (Lipinski definition) is 4. The van der Waals surface area contributed by atoms with Gasteiger partial charge in [0.2, 0.25) is 5.96 Å². The second kappa shape index (κ2) is 21.2. The third-order valence-corrected chi connectivity index (χ3v) is 7.02. The summed E-state index contributed by atoms with van der Waals surface area (Å²) in [5.41, 5.74) is -2.20. The first-order valence-corrected chi connectivity index (χ1v) is 19.3. The summed E-state index contributed by atoms with van der Waals surface area (Å²) >= 11 is 0. The van der Waals surface area contributed by atoms with E-state index < -0.39 is 46.8 Å². The van der Waals surface area contributed by atoms with E-state index in [1.165, 1.54) is 4.90 Å². The Hall–Kier alpha value is -5.87. The molecule has 326 valence electrons. The molecule has 0 aliphatic heterocycles. The molecule has 0 saturated carbocycles. The van der Waals surface area contributed by atoms with E-state index in [0.717, 1.165) is 0 Å². The Kier molecular flexibility index (Phi) is 17.7. The van der Waals surface area contributed by atoms with Crippen LogP contribution in [0.4, 0.5) is 19.2 Å². The van der Waals surface area contributed by atoms with Gasteiger partial charge in [-0.2, -0.15) is 0 Å². The summed E-state index contributed by atoms with van der Waals surface area (Å²) in [5, 5.41) is 21.2. The van der Waals surface area contributed by atoms with Crippen molar-refractivity contribution >= 4 is 42.0 Å². The lowest BCUT2D eigenvalue weighted by molar-refractivity contribution is 0.0342. The lowest BCUT2D eigenvalue weighted by Gasteiger charge is -2.32. The first-order chi connectivity index (χ1) is 27.1. The summed E-state index contributed by atoms with van der Waals surface area (Å²) in [5.74, 6) is 0.785. The summed E-state index contributed by atoms with van der Waals surface area (Å²) < 4.78 is 33.5. The van der Waals surface area contributed by atoms with Gasteiger partial charge in [0.1, 0.15) is 45.6 Å². The van der Waals surface area contributed by atoms with Crippen LogP contribution in [0, 0.1) is 10.8 Å². The fourth-order valence-corrected chi connectivity index (χ4v) is 4.70. The predicted molar refractivity (Wildman–Crippen MR) is 225 cm³/mol. The van der Waals surface area contributed by atoms with Crippen molar-refractivity contribution in [3.63, 3.8) is 0 Å². The number of amidine groups is 2. The molecule has 0 aliphatic carbocycles. The van der Waals surface area contributed by atoms with Gasteiger partial charge in [-0.1, -0.05) is 0 Å². The summed E-state index contributed by atoms with van der Waals surface area (Å²) in [4.78, 5) is 58.0. The molecule has 0 heterocycles. The van der Waals surface area contributed by atoms with E-state index in [-0.39, 0.29) is 37.4 Å². The van der Waals surface area contributed by atoms with Crippen molar-refractivity contribution in [2.24, 2.45) is 4.99 Å². The average molecular weight is 826 g/mol. The highest BCUT2D eigenvalue weighted by Gasteiger charge is 2.30. The number of nitrogens with one attached hydrogen (secondary N) is 4. The second-order valence-electron chi connectivity index (χ2n) is 17.4. The van der Waals surface area contributed by atoms with Crippen molar-refractivity contribution in [3.05, 3.63) is 59.7 Å². The van der Waals surface area contributed by atoms with Crippen LogP contribution in [-0.4, -0.2) is 108 Å². The Morgan fingerprint density at radius 1 is 0.576 bits per heavy atom. The van der Waals surface area contributed by atoms with E-state index in [9.17, 15) is 19.2 Å². The van der Waals surface area contributed by atoms with Crippen LogP contribution in [0.3, 0.4) is 0 Å². The van der Waals surface area contributed by atoms with Crippen LogP contribution >= 0.6 is 0 Å². The highest BCUT2D eigenvalue weighted by molar-refractivity contribution is 6.05. The van der Waals surface area contributed by atoms with E-state index in [1.54, 1.807) is 144 Å². The molecular formula is C42H63N7O10. The normalized spacial score (nSPS) is 12.1. The van der Waals surface area contributed by atoms with Crippen molar-refractivity contribution in [2.75, 3.05) is 33.4 Å². The van der Waals surface area contributed by atoms with Gasteiger partial charge in [0.15, 0.2) is 0 Å². The quantitative estimate of drug-likeness (QED) is 0.0695. The summed E-state index contributed by atoms with van der Waals surface area (Å²) in [6, 6.07) is 13.2. The van der Waals surface area contributed by atoms with Crippen molar-refractivity contribution < 1.29 is 47.6 Å². The zero-order valence-electron chi connectivity index (χ0n) is 36.8. The summed E-state index contributed by atoms with van der Waals surface area (Å²) in [6.45, 7) is 21.5. The van der Waals surface area contributed by atoms with E-state index >= 15 is 0 Å². The number of hydrogen-bond acceptors (Lipinski definition) is 12. The van der Waals surface area contributed by atoms with Gasteiger partial charge >= 0.3 is 24.4 Å². The lowest BCUT2D eigenvalue weighted by Crippen LogP contribution is -2.49. The van der Waals surface area contributed by atoms with Crippen molar-refractivity contribution in [1.82, 2.24) is 20.4 Å². The molecule has 2 aromatic rings. The van der Waals surface area contributed by atoms with E-state index in [2.05, 4.69) is 15.6 Å².